The molecule has 0 spiro atoms. The van der Waals surface area contributed by atoms with Gasteiger partial charge in [0, 0.05) is 9.52 Å². The number of halogens is 2. The van der Waals surface area contributed by atoms with Crippen LogP contribution in [-0.2, 0) is 33.7 Å². The van der Waals surface area contributed by atoms with E-state index in [1.807, 2.05) is 0 Å². The molecule has 6 aromatic carbocycles. The quantitative estimate of drug-likeness (QED) is 0.0847. The number of rotatable bonds is 12. The molecule has 2 radical (unpaired) electrons. The Bertz CT molecular complexity index is 2050. The first-order valence-corrected chi connectivity index (χ1v) is 38.1. The fraction of sp³-hybridized carbons (Fsp3) is 0.444. The Balaban J connectivity index is 0.000000201. The molecule has 318 valence electrons. The van der Waals surface area contributed by atoms with Gasteiger partial charge in [0.15, 0.2) is 0 Å². The first kappa shape index (κ1) is 49.2. The maximum absolute atomic E-state index is 4.93. The molecule has 6 aromatic rings. The van der Waals surface area contributed by atoms with Gasteiger partial charge in [-0.15, -0.1) is 69.1 Å². The van der Waals surface area contributed by atoms with Gasteiger partial charge in [0.25, 0.3) is 0 Å². The summed E-state index contributed by atoms with van der Waals surface area (Å²) < 4.78 is 0. The van der Waals surface area contributed by atoms with E-state index in [9.17, 15) is 0 Å². The molecule has 0 unspecified atom stereocenters. The molecule has 0 aromatic heterocycles. The Labute approximate surface area is 388 Å². The van der Waals surface area contributed by atoms with Crippen LogP contribution in [0, 0.1) is 10.8 Å². The molecule has 0 amide bonds. The molecule has 0 aliphatic heterocycles. The van der Waals surface area contributed by atoms with Gasteiger partial charge in [-0.05, 0) is 73.3 Å². The molecule has 0 heterocycles. The number of benzene rings is 4. The van der Waals surface area contributed by atoms with Gasteiger partial charge in [0.1, 0.15) is 0 Å². The van der Waals surface area contributed by atoms with Crippen molar-refractivity contribution in [2.24, 2.45) is 10.8 Å². The molecule has 0 N–H and O–H groups in total. The van der Waals surface area contributed by atoms with E-state index in [1.54, 1.807) is 11.1 Å². The van der Waals surface area contributed by atoms with Crippen molar-refractivity contribution in [3.05, 3.63) is 120 Å². The third-order valence-electron chi connectivity index (χ3n) is 13.3. The van der Waals surface area contributed by atoms with Crippen LogP contribution in [0.25, 0.3) is 43.8 Å². The standard InChI is InChI=1S/2C26H33Si.C2H6Si.2ClH.Zr/c2*1-5-14-26(15-7-16-26)19-20-17-22-8-6-9-24(25(22)18-20)21-10-12-23(13-11-21)27(2,3)4;1-3-2;;;/h2*6,8-13,17-18H,5,7,14-16,19H2,1-4H3;1-2H3;2*1H;/q2*-1;;;;+4/p-2. The predicted molar refractivity (Wildman–Crippen MR) is 275 cm³/mol. The molecule has 0 nitrogen and oxygen atoms in total. The Morgan fingerprint density at radius 2 is 0.900 bits per heavy atom. The van der Waals surface area contributed by atoms with Gasteiger partial charge in [-0.2, -0.15) is 12.1 Å². The van der Waals surface area contributed by atoms with E-state index in [0.29, 0.717) is 10.8 Å². The summed E-state index contributed by atoms with van der Waals surface area (Å²) >= 11 is -0.826. The average molecular weight is 968 g/mol. The van der Waals surface area contributed by atoms with E-state index in [-0.39, 0.29) is 0 Å². The predicted octanol–water partition coefficient (Wildman–Crippen LogP) is 16.7. The Kier molecular flexibility index (Phi) is 18.2. The molecule has 6 heteroatoms. The Morgan fingerprint density at radius 3 is 1.17 bits per heavy atom. The summed E-state index contributed by atoms with van der Waals surface area (Å²) in [5.74, 6) is 0. The zero-order valence-corrected chi connectivity index (χ0v) is 45.6. The van der Waals surface area contributed by atoms with E-state index in [1.165, 1.54) is 131 Å². The summed E-state index contributed by atoms with van der Waals surface area (Å²) in [7, 11) is 8.47. The van der Waals surface area contributed by atoms with E-state index in [2.05, 4.69) is 175 Å². The summed E-state index contributed by atoms with van der Waals surface area (Å²) in [6.45, 7) is 23.5. The van der Waals surface area contributed by atoms with Crippen LogP contribution >= 0.6 is 17.0 Å². The van der Waals surface area contributed by atoms with Crippen molar-refractivity contribution >= 4 is 74.6 Å². The van der Waals surface area contributed by atoms with Crippen molar-refractivity contribution in [2.75, 3.05) is 0 Å². The van der Waals surface area contributed by atoms with Crippen LogP contribution in [0.4, 0.5) is 0 Å². The SMILES string of the molecule is CCCC1(Cc2cc3c(-c4ccc([Si](C)(C)C)cc4)cccc3[cH-]2)CCC1.CCCC1(Cc2cc3c(-c4ccc([Si](C)(C)C)cc4)cccc3[cH-]2)CCC1.C[Si]C.[Cl][Zr+2][Cl]. The third kappa shape index (κ3) is 12.7. The van der Waals surface area contributed by atoms with Gasteiger partial charge < -0.3 is 0 Å². The fourth-order valence-electron chi connectivity index (χ4n) is 9.91. The maximum atomic E-state index is 4.93. The molecule has 0 atom stereocenters. The number of hydrogen-bond acceptors (Lipinski definition) is 0. The van der Waals surface area contributed by atoms with Crippen LogP contribution in [0.1, 0.15) is 89.2 Å². The Hall–Kier alpha value is -1.79. The monoisotopic (exact) mass is 964 g/mol. The van der Waals surface area contributed by atoms with Crippen LogP contribution in [0.2, 0.25) is 52.4 Å². The molecule has 0 saturated heterocycles. The zero-order valence-electron chi connectivity index (χ0n) is 38.6. The molecule has 2 saturated carbocycles. The van der Waals surface area contributed by atoms with Crippen LogP contribution in [0.3, 0.4) is 0 Å². The second kappa shape index (κ2) is 22.2. The minimum atomic E-state index is -1.24. The van der Waals surface area contributed by atoms with Gasteiger partial charge in [-0.1, -0.05) is 174 Å². The number of fused-ring (bicyclic) bond motifs is 2. The molecule has 0 bridgehead atoms. The van der Waals surface area contributed by atoms with E-state index in [4.69, 9.17) is 17.0 Å². The van der Waals surface area contributed by atoms with Crippen molar-refractivity contribution in [1.82, 2.24) is 0 Å². The van der Waals surface area contributed by atoms with E-state index in [0.717, 1.165) is 9.52 Å². The second-order valence-electron chi connectivity index (χ2n) is 20.1. The molecule has 8 rings (SSSR count). The van der Waals surface area contributed by atoms with Crippen molar-refractivity contribution < 1.29 is 20.8 Å². The second-order valence-corrected chi connectivity index (χ2v) is 35.0. The molecule has 2 fully saturated rings. The topological polar surface area (TPSA) is 0 Å². The first-order valence-electron chi connectivity index (χ1n) is 22.8. The van der Waals surface area contributed by atoms with Crippen molar-refractivity contribution in [2.45, 2.75) is 143 Å². The van der Waals surface area contributed by atoms with Gasteiger partial charge in [0.2, 0.25) is 0 Å². The summed E-state index contributed by atoms with van der Waals surface area (Å²) in [5, 5.41) is 8.74. The van der Waals surface area contributed by atoms with Crippen LogP contribution in [0.5, 0.6) is 0 Å². The minimum absolute atomic E-state index is 0.596. The van der Waals surface area contributed by atoms with Gasteiger partial charge in [-0.25, -0.2) is 0 Å². The van der Waals surface area contributed by atoms with Gasteiger partial charge in [-0.3, -0.25) is 0 Å². The van der Waals surface area contributed by atoms with E-state index < -0.39 is 37.0 Å². The fourth-order valence-corrected chi connectivity index (χ4v) is 12.2. The summed E-state index contributed by atoms with van der Waals surface area (Å²) in [6, 6.07) is 42.2. The average Bonchev–Trinajstić information content (AvgIpc) is 3.80. The number of hydrogen-bond donors (Lipinski definition) is 0. The molecule has 60 heavy (non-hydrogen) atoms. The summed E-state index contributed by atoms with van der Waals surface area (Å²) in [6.07, 6.45) is 16.5. The summed E-state index contributed by atoms with van der Waals surface area (Å²) in [5.41, 5.74) is 9.77. The van der Waals surface area contributed by atoms with Crippen molar-refractivity contribution in [3.63, 3.8) is 0 Å². The third-order valence-corrected chi connectivity index (χ3v) is 17.4. The molecular formula is C54H72Cl2Si3Zr. The molecule has 2 aliphatic carbocycles. The van der Waals surface area contributed by atoms with Crippen LogP contribution in [0.15, 0.2) is 109 Å². The van der Waals surface area contributed by atoms with E-state index >= 15 is 0 Å². The van der Waals surface area contributed by atoms with Crippen LogP contribution < -0.4 is 10.4 Å². The Morgan fingerprint density at radius 1 is 0.567 bits per heavy atom. The van der Waals surface area contributed by atoms with Crippen molar-refractivity contribution in [1.29, 1.82) is 0 Å². The normalized spacial score (nSPS) is 15.3. The first-order chi connectivity index (χ1) is 28.6. The van der Waals surface area contributed by atoms with Gasteiger partial charge in [0.05, 0.1) is 16.1 Å². The van der Waals surface area contributed by atoms with Gasteiger partial charge >= 0.3 is 37.9 Å². The van der Waals surface area contributed by atoms with Crippen molar-refractivity contribution in [3.8, 4) is 22.3 Å². The molecule has 2 aliphatic rings. The zero-order chi connectivity index (χ0) is 43.6. The summed E-state index contributed by atoms with van der Waals surface area (Å²) in [4.78, 5) is 0. The van der Waals surface area contributed by atoms with Crippen LogP contribution in [-0.4, -0.2) is 25.7 Å². The molecular weight excluding hydrogens is 895 g/mol.